The normalized spacial score (nSPS) is 10.8. The van der Waals surface area contributed by atoms with Crippen LogP contribution in [-0.2, 0) is 6.54 Å². The molecule has 0 amide bonds. The van der Waals surface area contributed by atoms with Gasteiger partial charge in [-0.25, -0.2) is 4.98 Å². The number of halogens is 1. The molecule has 5 nitrogen and oxygen atoms in total. The SMILES string of the molecule is CC(C)Cn1ccnc(Oc2cc(N)ccc2Cl)c1=O. The number of nitrogen functional groups attached to an aromatic ring is 1. The molecule has 0 atom stereocenters. The van der Waals surface area contributed by atoms with Crippen LogP contribution < -0.4 is 16.0 Å². The van der Waals surface area contributed by atoms with Gasteiger partial charge in [0, 0.05) is 30.7 Å². The summed E-state index contributed by atoms with van der Waals surface area (Å²) in [5.41, 5.74) is 5.88. The molecule has 0 radical (unpaired) electrons. The zero-order valence-electron chi connectivity index (χ0n) is 11.3. The number of hydrogen-bond acceptors (Lipinski definition) is 4. The number of ether oxygens (including phenoxy) is 1. The van der Waals surface area contributed by atoms with E-state index in [2.05, 4.69) is 4.98 Å². The Labute approximate surface area is 122 Å². The largest absolute Gasteiger partial charge is 0.433 e. The minimum absolute atomic E-state index is 0.0133. The number of hydrogen-bond donors (Lipinski definition) is 1. The Balaban J connectivity index is 2.34. The molecule has 106 valence electrons. The van der Waals surface area contributed by atoms with E-state index in [9.17, 15) is 4.79 Å². The predicted molar refractivity (Wildman–Crippen MR) is 79.3 cm³/mol. The molecule has 0 aliphatic heterocycles. The van der Waals surface area contributed by atoms with E-state index >= 15 is 0 Å². The molecule has 0 aliphatic rings. The van der Waals surface area contributed by atoms with Gasteiger partial charge in [0.2, 0.25) is 0 Å². The van der Waals surface area contributed by atoms with Crippen LogP contribution in [0.3, 0.4) is 0 Å². The lowest BCUT2D eigenvalue weighted by atomic mass is 10.2. The highest BCUT2D eigenvalue weighted by molar-refractivity contribution is 6.32. The molecular weight excluding hydrogens is 278 g/mol. The van der Waals surface area contributed by atoms with Crippen molar-refractivity contribution in [1.29, 1.82) is 0 Å². The molecule has 1 aromatic carbocycles. The van der Waals surface area contributed by atoms with Crippen LogP contribution in [-0.4, -0.2) is 9.55 Å². The lowest BCUT2D eigenvalue weighted by molar-refractivity contribution is 0.433. The van der Waals surface area contributed by atoms with E-state index in [-0.39, 0.29) is 11.4 Å². The van der Waals surface area contributed by atoms with Gasteiger partial charge in [-0.15, -0.1) is 0 Å². The summed E-state index contributed by atoms with van der Waals surface area (Å²) in [7, 11) is 0. The van der Waals surface area contributed by atoms with Crippen molar-refractivity contribution in [3.05, 3.63) is 46.0 Å². The zero-order chi connectivity index (χ0) is 14.7. The predicted octanol–water partition coefficient (Wildman–Crippen LogP) is 2.93. The Morgan fingerprint density at radius 3 is 2.90 bits per heavy atom. The Hall–Kier alpha value is -2.01. The first kappa shape index (κ1) is 14.4. The van der Waals surface area contributed by atoms with Gasteiger partial charge >= 0.3 is 5.56 Å². The summed E-state index contributed by atoms with van der Waals surface area (Å²) >= 11 is 6.01. The maximum Gasteiger partial charge on any atom is 0.313 e. The second-order valence-corrected chi connectivity index (χ2v) is 5.28. The lowest BCUT2D eigenvalue weighted by Crippen LogP contribution is -2.23. The number of nitrogens with two attached hydrogens (primary N) is 1. The number of nitrogens with zero attached hydrogens (tertiary/aromatic N) is 2. The molecule has 2 aromatic rings. The lowest BCUT2D eigenvalue weighted by Gasteiger charge is -2.11. The standard InChI is InChI=1S/C14H16ClN3O2/c1-9(2)8-18-6-5-17-13(14(18)19)20-12-7-10(16)3-4-11(12)15/h3-7,9H,8,16H2,1-2H3. The molecule has 2 rings (SSSR count). The summed E-state index contributed by atoms with van der Waals surface area (Å²) in [6.45, 7) is 4.66. The first-order chi connectivity index (χ1) is 9.47. The number of rotatable bonds is 4. The van der Waals surface area contributed by atoms with Crippen molar-refractivity contribution >= 4 is 17.3 Å². The van der Waals surface area contributed by atoms with Crippen LogP contribution in [0, 0.1) is 5.92 Å². The number of anilines is 1. The minimum atomic E-state index is -0.292. The molecular formula is C14H16ClN3O2. The maximum atomic E-state index is 12.2. The van der Waals surface area contributed by atoms with Crippen molar-refractivity contribution in [2.45, 2.75) is 20.4 Å². The topological polar surface area (TPSA) is 70.1 Å². The molecule has 0 unspecified atom stereocenters. The van der Waals surface area contributed by atoms with Crippen LogP contribution in [0.25, 0.3) is 0 Å². The van der Waals surface area contributed by atoms with Gasteiger partial charge in [-0.3, -0.25) is 4.79 Å². The second-order valence-electron chi connectivity index (χ2n) is 4.88. The van der Waals surface area contributed by atoms with Gasteiger partial charge in [-0.1, -0.05) is 25.4 Å². The molecule has 0 spiro atoms. The highest BCUT2D eigenvalue weighted by Gasteiger charge is 2.11. The third-order valence-corrected chi connectivity index (χ3v) is 2.92. The summed E-state index contributed by atoms with van der Waals surface area (Å²) in [6, 6.07) is 4.83. The Kier molecular flexibility index (Phi) is 4.29. The van der Waals surface area contributed by atoms with Crippen molar-refractivity contribution in [1.82, 2.24) is 9.55 Å². The van der Waals surface area contributed by atoms with E-state index in [1.807, 2.05) is 13.8 Å². The van der Waals surface area contributed by atoms with Crippen molar-refractivity contribution < 1.29 is 4.74 Å². The van der Waals surface area contributed by atoms with Crippen LogP contribution in [0.4, 0.5) is 5.69 Å². The van der Waals surface area contributed by atoms with Gasteiger partial charge < -0.3 is 15.0 Å². The van der Waals surface area contributed by atoms with E-state index in [0.29, 0.717) is 28.9 Å². The van der Waals surface area contributed by atoms with Gasteiger partial charge in [-0.05, 0) is 18.1 Å². The summed E-state index contributed by atoms with van der Waals surface area (Å²) in [6.07, 6.45) is 3.16. The summed E-state index contributed by atoms with van der Waals surface area (Å²) < 4.78 is 7.05. The fraction of sp³-hybridized carbons (Fsp3) is 0.286. The molecule has 0 bridgehead atoms. The third-order valence-electron chi connectivity index (χ3n) is 2.61. The maximum absolute atomic E-state index is 12.2. The molecule has 0 saturated heterocycles. The molecule has 0 saturated carbocycles. The highest BCUT2D eigenvalue weighted by Crippen LogP contribution is 2.29. The average molecular weight is 294 g/mol. The van der Waals surface area contributed by atoms with E-state index in [1.165, 1.54) is 6.20 Å². The van der Waals surface area contributed by atoms with Gasteiger partial charge in [0.05, 0.1) is 5.02 Å². The van der Waals surface area contributed by atoms with Gasteiger partial charge in [0.25, 0.3) is 5.88 Å². The van der Waals surface area contributed by atoms with Crippen LogP contribution in [0.15, 0.2) is 35.4 Å². The molecule has 2 N–H and O–H groups in total. The molecule has 6 heteroatoms. The Morgan fingerprint density at radius 1 is 1.45 bits per heavy atom. The van der Waals surface area contributed by atoms with Crippen molar-refractivity contribution in [3.8, 4) is 11.6 Å². The van der Waals surface area contributed by atoms with Crippen molar-refractivity contribution in [3.63, 3.8) is 0 Å². The smallest absolute Gasteiger partial charge is 0.313 e. The molecule has 0 fully saturated rings. The first-order valence-electron chi connectivity index (χ1n) is 6.25. The molecule has 0 aliphatic carbocycles. The van der Waals surface area contributed by atoms with Gasteiger partial charge in [-0.2, -0.15) is 0 Å². The van der Waals surface area contributed by atoms with Gasteiger partial charge in [0.1, 0.15) is 5.75 Å². The van der Waals surface area contributed by atoms with Crippen LogP contribution in [0.2, 0.25) is 5.02 Å². The molecule has 20 heavy (non-hydrogen) atoms. The summed E-state index contributed by atoms with van der Waals surface area (Å²) in [5, 5.41) is 0.375. The Bertz CT molecular complexity index is 668. The van der Waals surface area contributed by atoms with Crippen molar-refractivity contribution in [2.75, 3.05) is 5.73 Å². The summed E-state index contributed by atoms with van der Waals surface area (Å²) in [5.74, 6) is 0.651. The minimum Gasteiger partial charge on any atom is -0.433 e. The third kappa shape index (κ3) is 3.30. The van der Waals surface area contributed by atoms with E-state index < -0.39 is 0 Å². The Morgan fingerprint density at radius 2 is 2.20 bits per heavy atom. The highest BCUT2D eigenvalue weighted by atomic mass is 35.5. The van der Waals surface area contributed by atoms with Gasteiger partial charge in [0.15, 0.2) is 0 Å². The summed E-state index contributed by atoms with van der Waals surface area (Å²) in [4.78, 5) is 16.2. The molecule has 1 heterocycles. The van der Waals surface area contributed by atoms with Crippen LogP contribution in [0.1, 0.15) is 13.8 Å². The average Bonchev–Trinajstić information content (AvgIpc) is 2.38. The zero-order valence-corrected chi connectivity index (χ0v) is 12.1. The van der Waals surface area contributed by atoms with E-state index in [4.69, 9.17) is 22.1 Å². The second kappa shape index (κ2) is 5.96. The first-order valence-corrected chi connectivity index (χ1v) is 6.63. The number of benzene rings is 1. The number of aromatic nitrogens is 2. The van der Waals surface area contributed by atoms with E-state index in [1.54, 1.807) is 29.0 Å². The molecule has 1 aromatic heterocycles. The quantitative estimate of drug-likeness (QED) is 0.880. The fourth-order valence-corrected chi connectivity index (χ4v) is 1.89. The van der Waals surface area contributed by atoms with Crippen LogP contribution in [0.5, 0.6) is 11.6 Å². The van der Waals surface area contributed by atoms with Crippen molar-refractivity contribution in [2.24, 2.45) is 5.92 Å². The monoisotopic (exact) mass is 293 g/mol. The fourth-order valence-electron chi connectivity index (χ4n) is 1.74. The van der Waals surface area contributed by atoms with E-state index in [0.717, 1.165) is 0 Å². The van der Waals surface area contributed by atoms with Crippen LogP contribution >= 0.6 is 11.6 Å².